The first-order chi connectivity index (χ1) is 13.2. The Labute approximate surface area is 159 Å². The lowest BCUT2D eigenvalue weighted by Gasteiger charge is -2.39. The third-order valence-electron chi connectivity index (χ3n) is 5.55. The molecular weight excluding hydrogens is 340 g/mol. The van der Waals surface area contributed by atoms with Gasteiger partial charge in [0.2, 0.25) is 5.91 Å². The lowest BCUT2D eigenvalue weighted by Crippen LogP contribution is -2.45. The summed E-state index contributed by atoms with van der Waals surface area (Å²) in [5.74, 6) is 1.34. The molecule has 5 heteroatoms. The highest BCUT2D eigenvalue weighted by Gasteiger charge is 2.33. The molecule has 0 aromatic heterocycles. The predicted octanol–water partition coefficient (Wildman–Crippen LogP) is 3.58. The van der Waals surface area contributed by atoms with Gasteiger partial charge in [0, 0.05) is 25.1 Å². The number of carbonyl (C=O) groups excluding carboxylic acids is 2. The van der Waals surface area contributed by atoms with Gasteiger partial charge in [-0.25, -0.2) is 0 Å². The second-order valence-corrected chi connectivity index (χ2v) is 7.31. The van der Waals surface area contributed by atoms with E-state index in [1.54, 1.807) is 0 Å². The van der Waals surface area contributed by atoms with E-state index in [1.165, 1.54) is 0 Å². The molecule has 2 atom stereocenters. The Kier molecular flexibility index (Phi) is 5.10. The number of para-hydroxylation sites is 2. The number of hydrogen-bond acceptors (Lipinski definition) is 3. The molecule has 2 aliphatic rings. The Balaban J connectivity index is 1.48. The van der Waals surface area contributed by atoms with Crippen LogP contribution < -0.4 is 10.1 Å². The van der Waals surface area contributed by atoms with Gasteiger partial charge in [-0.1, -0.05) is 30.3 Å². The van der Waals surface area contributed by atoms with Crippen molar-refractivity contribution in [2.45, 2.75) is 19.3 Å². The largest absolute Gasteiger partial charge is 0.491 e. The molecule has 2 amide bonds. The monoisotopic (exact) mass is 364 g/mol. The molecule has 5 nitrogen and oxygen atoms in total. The maximum absolute atomic E-state index is 12.8. The molecule has 1 N–H and O–H groups in total. The molecule has 2 aliphatic heterocycles. The number of benzene rings is 2. The second kappa shape index (κ2) is 7.82. The number of anilines is 1. The SMILES string of the molecule is O=C1C[C@@H]2CCN(C(=O)c3ccccc3)C[C@@H]2CCOc2ccccc2N1. The number of carbonyl (C=O) groups is 2. The lowest BCUT2D eigenvalue weighted by atomic mass is 9.80. The minimum absolute atomic E-state index is 0.0192. The Morgan fingerprint density at radius 3 is 2.63 bits per heavy atom. The Morgan fingerprint density at radius 1 is 1.00 bits per heavy atom. The maximum atomic E-state index is 12.8. The molecule has 1 fully saturated rings. The van der Waals surface area contributed by atoms with Gasteiger partial charge in [0.15, 0.2) is 0 Å². The topological polar surface area (TPSA) is 58.6 Å². The van der Waals surface area contributed by atoms with Crippen molar-refractivity contribution in [3.8, 4) is 5.75 Å². The fourth-order valence-corrected chi connectivity index (χ4v) is 4.08. The Morgan fingerprint density at radius 2 is 1.78 bits per heavy atom. The smallest absolute Gasteiger partial charge is 0.253 e. The van der Waals surface area contributed by atoms with Crippen molar-refractivity contribution in [3.63, 3.8) is 0 Å². The molecule has 4 rings (SSSR count). The molecule has 27 heavy (non-hydrogen) atoms. The minimum Gasteiger partial charge on any atom is -0.491 e. The zero-order valence-electron chi connectivity index (χ0n) is 15.3. The molecule has 140 valence electrons. The first-order valence-electron chi connectivity index (χ1n) is 9.57. The fraction of sp³-hybridized carbons (Fsp3) is 0.364. The van der Waals surface area contributed by atoms with Crippen molar-refractivity contribution in [1.29, 1.82) is 0 Å². The van der Waals surface area contributed by atoms with Gasteiger partial charge in [-0.05, 0) is 48.9 Å². The standard InChI is InChI=1S/C22H24N2O3/c25-21-14-17-10-12-24(22(26)16-6-2-1-3-7-16)15-18(17)11-13-27-20-9-5-4-8-19(20)23-21/h1-9,17-18H,10-15H2,(H,23,25)/t17-,18-/m0/s1. The van der Waals surface area contributed by atoms with Crippen LogP contribution in [0.1, 0.15) is 29.6 Å². The molecule has 2 heterocycles. The first kappa shape index (κ1) is 17.6. The minimum atomic E-state index is 0.0192. The number of ether oxygens (including phenoxy) is 1. The maximum Gasteiger partial charge on any atom is 0.253 e. The highest BCUT2D eigenvalue weighted by molar-refractivity contribution is 5.94. The molecule has 0 spiro atoms. The molecule has 1 saturated heterocycles. The average Bonchev–Trinajstić information content (AvgIpc) is 2.70. The zero-order chi connectivity index (χ0) is 18.6. The third-order valence-corrected chi connectivity index (χ3v) is 5.55. The lowest BCUT2D eigenvalue weighted by molar-refractivity contribution is -0.118. The van der Waals surface area contributed by atoms with Crippen molar-refractivity contribution < 1.29 is 14.3 Å². The summed E-state index contributed by atoms with van der Waals surface area (Å²) in [5.41, 5.74) is 1.45. The van der Waals surface area contributed by atoms with Crippen molar-refractivity contribution in [3.05, 3.63) is 60.2 Å². The van der Waals surface area contributed by atoms with E-state index in [1.807, 2.05) is 59.5 Å². The van der Waals surface area contributed by atoms with Crippen LogP contribution >= 0.6 is 0 Å². The molecule has 0 saturated carbocycles. The first-order valence-corrected chi connectivity index (χ1v) is 9.57. The van der Waals surface area contributed by atoms with E-state index < -0.39 is 0 Å². The fourth-order valence-electron chi connectivity index (χ4n) is 4.08. The van der Waals surface area contributed by atoms with Crippen LogP contribution in [0, 0.1) is 11.8 Å². The molecule has 2 aromatic carbocycles. The molecule has 0 bridgehead atoms. The molecule has 0 radical (unpaired) electrons. The van der Waals surface area contributed by atoms with Crippen LogP contribution in [-0.2, 0) is 4.79 Å². The number of amides is 2. The number of rotatable bonds is 1. The number of nitrogens with zero attached hydrogens (tertiary/aromatic N) is 1. The van der Waals surface area contributed by atoms with Gasteiger partial charge in [-0.2, -0.15) is 0 Å². The molecule has 0 unspecified atom stereocenters. The predicted molar refractivity (Wildman–Crippen MR) is 104 cm³/mol. The zero-order valence-corrected chi connectivity index (χ0v) is 15.3. The van der Waals surface area contributed by atoms with Crippen molar-refractivity contribution in [2.75, 3.05) is 25.0 Å². The van der Waals surface area contributed by atoms with Gasteiger partial charge in [0.05, 0.1) is 12.3 Å². The quantitative estimate of drug-likeness (QED) is 0.841. The number of nitrogens with one attached hydrogen (secondary N) is 1. The highest BCUT2D eigenvalue weighted by Crippen LogP contribution is 2.33. The number of piperidine rings is 1. The van der Waals surface area contributed by atoms with Crippen LogP contribution in [0.3, 0.4) is 0 Å². The van der Waals surface area contributed by atoms with Crippen LogP contribution in [0.15, 0.2) is 54.6 Å². The van der Waals surface area contributed by atoms with Gasteiger partial charge in [0.25, 0.3) is 5.91 Å². The van der Waals surface area contributed by atoms with E-state index in [4.69, 9.17) is 4.74 Å². The summed E-state index contributed by atoms with van der Waals surface area (Å²) >= 11 is 0. The summed E-state index contributed by atoms with van der Waals surface area (Å²) in [6, 6.07) is 16.9. The van der Waals surface area contributed by atoms with Crippen molar-refractivity contribution in [1.82, 2.24) is 4.90 Å². The van der Waals surface area contributed by atoms with Crippen LogP contribution in [0.5, 0.6) is 5.75 Å². The summed E-state index contributed by atoms with van der Waals surface area (Å²) in [6.07, 6.45) is 2.18. The highest BCUT2D eigenvalue weighted by atomic mass is 16.5. The molecule has 0 aliphatic carbocycles. The van der Waals surface area contributed by atoms with Crippen molar-refractivity contribution in [2.24, 2.45) is 11.8 Å². The molecular formula is C22H24N2O3. The number of fused-ring (bicyclic) bond motifs is 2. The second-order valence-electron chi connectivity index (χ2n) is 7.31. The van der Waals surface area contributed by atoms with E-state index in [0.29, 0.717) is 31.9 Å². The summed E-state index contributed by atoms with van der Waals surface area (Å²) in [4.78, 5) is 27.2. The van der Waals surface area contributed by atoms with Gasteiger partial charge >= 0.3 is 0 Å². The molecule has 2 aromatic rings. The van der Waals surface area contributed by atoms with Gasteiger partial charge in [0.1, 0.15) is 5.75 Å². The van der Waals surface area contributed by atoms with Crippen LogP contribution in [0.4, 0.5) is 5.69 Å². The van der Waals surface area contributed by atoms with E-state index in [0.717, 1.165) is 24.1 Å². The average molecular weight is 364 g/mol. The van der Waals surface area contributed by atoms with E-state index >= 15 is 0 Å². The number of likely N-dealkylation sites (tertiary alicyclic amines) is 1. The summed E-state index contributed by atoms with van der Waals surface area (Å²) < 4.78 is 5.92. The summed E-state index contributed by atoms with van der Waals surface area (Å²) in [6.45, 7) is 1.96. The van der Waals surface area contributed by atoms with E-state index in [-0.39, 0.29) is 23.7 Å². The summed E-state index contributed by atoms with van der Waals surface area (Å²) in [5, 5.41) is 2.98. The third kappa shape index (κ3) is 3.97. The van der Waals surface area contributed by atoms with Crippen LogP contribution in [0.25, 0.3) is 0 Å². The van der Waals surface area contributed by atoms with Gasteiger partial charge in [-0.3, -0.25) is 9.59 Å². The van der Waals surface area contributed by atoms with Crippen LogP contribution in [-0.4, -0.2) is 36.4 Å². The normalized spacial score (nSPS) is 22.7. The van der Waals surface area contributed by atoms with E-state index in [2.05, 4.69) is 5.32 Å². The summed E-state index contributed by atoms with van der Waals surface area (Å²) in [7, 11) is 0. The van der Waals surface area contributed by atoms with Crippen molar-refractivity contribution >= 4 is 17.5 Å². The Hall–Kier alpha value is -2.82. The number of hydrogen-bond donors (Lipinski definition) is 1. The Bertz CT molecular complexity index is 821. The van der Waals surface area contributed by atoms with Gasteiger partial charge < -0.3 is 15.0 Å². The van der Waals surface area contributed by atoms with Gasteiger partial charge in [-0.15, -0.1) is 0 Å². The van der Waals surface area contributed by atoms with Crippen LogP contribution in [0.2, 0.25) is 0 Å². The van der Waals surface area contributed by atoms with E-state index in [9.17, 15) is 9.59 Å².